The molecule has 2 unspecified atom stereocenters. The van der Waals surface area contributed by atoms with Crippen LogP contribution in [-0.4, -0.2) is 30.4 Å². The summed E-state index contributed by atoms with van der Waals surface area (Å²) in [5.41, 5.74) is -0.357. The molecule has 0 aromatic carbocycles. The average molecular weight is 288 g/mol. The van der Waals surface area contributed by atoms with E-state index in [-0.39, 0.29) is 23.6 Å². The molecule has 0 aromatic rings. The average Bonchev–Trinajstić information content (AvgIpc) is 2.27. The molecule has 1 aliphatic heterocycles. The number of hydrogen-bond donors (Lipinski definition) is 0. The largest absolute Gasteiger partial charge is 0.434 e. The second-order valence-corrected chi connectivity index (χ2v) is 8.24. The van der Waals surface area contributed by atoms with Crippen molar-refractivity contribution in [3.05, 3.63) is 0 Å². The molecule has 0 aliphatic carbocycles. The number of rotatable bonds is 4. The van der Waals surface area contributed by atoms with Crippen LogP contribution >= 0.6 is 11.8 Å². The van der Waals surface area contributed by atoms with Crippen molar-refractivity contribution in [1.29, 1.82) is 0 Å². The molecule has 0 spiro atoms. The van der Waals surface area contributed by atoms with Crippen molar-refractivity contribution in [2.45, 2.75) is 54.3 Å². The van der Waals surface area contributed by atoms with Gasteiger partial charge < -0.3 is 9.47 Å². The number of thioether (sulfide) groups is 1. The molecule has 1 rings (SSSR count). The van der Waals surface area contributed by atoms with E-state index in [1.54, 1.807) is 11.8 Å². The monoisotopic (exact) mass is 288 g/mol. The first-order valence-corrected chi connectivity index (χ1v) is 8.21. The highest BCUT2D eigenvalue weighted by Gasteiger charge is 2.42. The van der Waals surface area contributed by atoms with Crippen LogP contribution in [0.1, 0.15) is 48.0 Å². The number of hydrogen-bond acceptors (Lipinski definition) is 4. The molecule has 0 bridgehead atoms. The molecule has 4 heteroatoms. The molecular formula is C15H28O3S. The minimum absolute atomic E-state index is 0.0974. The molecule has 112 valence electrons. The summed E-state index contributed by atoms with van der Waals surface area (Å²) < 4.78 is 11.1. The first-order valence-electron chi connectivity index (χ1n) is 7.05. The topological polar surface area (TPSA) is 35.5 Å². The molecule has 3 nitrogen and oxygen atoms in total. The lowest BCUT2D eigenvalue weighted by molar-refractivity contribution is -0.189. The van der Waals surface area contributed by atoms with Crippen LogP contribution < -0.4 is 0 Å². The Morgan fingerprint density at radius 1 is 1.37 bits per heavy atom. The molecular weight excluding hydrogens is 260 g/mol. The Morgan fingerprint density at radius 2 is 2.00 bits per heavy atom. The maximum Gasteiger partial charge on any atom is 0.314 e. The van der Waals surface area contributed by atoms with Crippen LogP contribution in [0.5, 0.6) is 0 Å². The van der Waals surface area contributed by atoms with E-state index in [1.807, 2.05) is 6.92 Å². The van der Waals surface area contributed by atoms with E-state index in [1.165, 1.54) is 0 Å². The normalized spacial score (nSPS) is 24.1. The van der Waals surface area contributed by atoms with E-state index in [9.17, 15) is 4.79 Å². The summed E-state index contributed by atoms with van der Waals surface area (Å²) in [6.07, 6.45) is 0.445. The van der Waals surface area contributed by atoms with Gasteiger partial charge >= 0.3 is 5.97 Å². The lowest BCUT2D eigenvalue weighted by atomic mass is 9.69. The quantitative estimate of drug-likeness (QED) is 0.739. The van der Waals surface area contributed by atoms with Crippen molar-refractivity contribution in [1.82, 2.24) is 0 Å². The van der Waals surface area contributed by atoms with Gasteiger partial charge in [0.15, 0.2) is 0 Å². The Labute approximate surface area is 121 Å². The molecule has 0 aromatic heterocycles. The van der Waals surface area contributed by atoms with Crippen LogP contribution in [0.2, 0.25) is 0 Å². The van der Waals surface area contributed by atoms with Gasteiger partial charge in [0.25, 0.3) is 0 Å². The summed E-state index contributed by atoms with van der Waals surface area (Å²) >= 11 is 1.77. The lowest BCUT2D eigenvalue weighted by Gasteiger charge is -2.38. The Bertz CT molecular complexity index is 303. The van der Waals surface area contributed by atoms with Gasteiger partial charge in [0.1, 0.15) is 0 Å². The number of esters is 1. The van der Waals surface area contributed by atoms with E-state index in [0.29, 0.717) is 6.61 Å². The van der Waals surface area contributed by atoms with Gasteiger partial charge in [-0.05, 0) is 24.7 Å². The predicted octanol–water partition coefficient (Wildman–Crippen LogP) is 3.72. The third-order valence-corrected chi connectivity index (χ3v) is 4.63. The SMILES string of the molecule is CC(C)C(C)(CC(C)(C)C)C(=O)OC1CSCCO1. The summed E-state index contributed by atoms with van der Waals surface area (Å²) in [5.74, 6) is 1.85. The van der Waals surface area contributed by atoms with Gasteiger partial charge in [0.2, 0.25) is 6.29 Å². The molecule has 1 saturated heterocycles. The Hall–Kier alpha value is -0.220. The standard InChI is InChI=1S/C15H28O3S/c1-11(2)15(6,10-14(3,4)5)13(16)18-12-9-19-8-7-17-12/h11-12H,7-10H2,1-6H3. The van der Waals surface area contributed by atoms with E-state index >= 15 is 0 Å². The third-order valence-electron chi connectivity index (χ3n) is 3.66. The fourth-order valence-corrected chi connectivity index (χ4v) is 3.14. The van der Waals surface area contributed by atoms with E-state index in [2.05, 4.69) is 34.6 Å². The van der Waals surface area contributed by atoms with Gasteiger partial charge in [-0.15, -0.1) is 0 Å². The molecule has 1 heterocycles. The van der Waals surface area contributed by atoms with Crippen molar-refractivity contribution in [2.24, 2.45) is 16.7 Å². The van der Waals surface area contributed by atoms with E-state index in [0.717, 1.165) is 17.9 Å². The maximum absolute atomic E-state index is 12.5. The Balaban J connectivity index is 2.71. The Morgan fingerprint density at radius 3 is 2.42 bits per heavy atom. The number of carbonyl (C=O) groups is 1. The summed E-state index contributed by atoms with van der Waals surface area (Å²) in [6, 6.07) is 0. The Kier molecular flexibility index (Phi) is 5.75. The van der Waals surface area contributed by atoms with Gasteiger partial charge in [0, 0.05) is 5.75 Å². The zero-order valence-corrected chi connectivity index (χ0v) is 13.9. The summed E-state index contributed by atoms with van der Waals surface area (Å²) in [5, 5.41) is 0. The van der Waals surface area contributed by atoms with Crippen molar-refractivity contribution in [2.75, 3.05) is 18.1 Å². The molecule has 0 radical (unpaired) electrons. The predicted molar refractivity (Wildman–Crippen MR) is 80.2 cm³/mol. The van der Waals surface area contributed by atoms with Crippen LogP contribution in [0.4, 0.5) is 0 Å². The van der Waals surface area contributed by atoms with Gasteiger partial charge in [-0.3, -0.25) is 4.79 Å². The zero-order chi connectivity index (χ0) is 14.7. The number of carbonyl (C=O) groups excluding carboxylic acids is 1. The molecule has 1 fully saturated rings. The first-order chi connectivity index (χ1) is 8.65. The highest BCUT2D eigenvalue weighted by molar-refractivity contribution is 7.99. The number of ether oxygens (including phenoxy) is 2. The molecule has 0 N–H and O–H groups in total. The van der Waals surface area contributed by atoms with E-state index < -0.39 is 5.41 Å². The smallest absolute Gasteiger partial charge is 0.314 e. The highest BCUT2D eigenvalue weighted by atomic mass is 32.2. The van der Waals surface area contributed by atoms with Gasteiger partial charge in [-0.25, -0.2) is 0 Å². The van der Waals surface area contributed by atoms with Crippen molar-refractivity contribution in [3.8, 4) is 0 Å². The van der Waals surface area contributed by atoms with Crippen molar-refractivity contribution in [3.63, 3.8) is 0 Å². The van der Waals surface area contributed by atoms with Crippen LogP contribution in [-0.2, 0) is 14.3 Å². The second-order valence-electron chi connectivity index (χ2n) is 7.09. The van der Waals surface area contributed by atoms with Crippen LogP contribution in [0, 0.1) is 16.7 Å². The van der Waals surface area contributed by atoms with Gasteiger partial charge in [-0.1, -0.05) is 34.6 Å². The van der Waals surface area contributed by atoms with Crippen LogP contribution in [0.25, 0.3) is 0 Å². The summed E-state index contributed by atoms with van der Waals surface area (Å²) in [4.78, 5) is 12.5. The summed E-state index contributed by atoms with van der Waals surface area (Å²) in [7, 11) is 0. The molecule has 19 heavy (non-hydrogen) atoms. The van der Waals surface area contributed by atoms with Crippen LogP contribution in [0.15, 0.2) is 0 Å². The fourth-order valence-electron chi connectivity index (χ4n) is 2.40. The lowest BCUT2D eigenvalue weighted by Crippen LogP contribution is -2.41. The van der Waals surface area contributed by atoms with Crippen LogP contribution in [0.3, 0.4) is 0 Å². The van der Waals surface area contributed by atoms with Crippen molar-refractivity contribution >= 4 is 17.7 Å². The molecule has 0 saturated carbocycles. The van der Waals surface area contributed by atoms with E-state index in [4.69, 9.17) is 9.47 Å². The van der Waals surface area contributed by atoms with Crippen molar-refractivity contribution < 1.29 is 14.3 Å². The van der Waals surface area contributed by atoms with Gasteiger partial charge in [-0.2, -0.15) is 11.8 Å². The summed E-state index contributed by atoms with van der Waals surface area (Å²) in [6.45, 7) is 13.3. The fraction of sp³-hybridized carbons (Fsp3) is 0.933. The first kappa shape index (κ1) is 16.8. The molecule has 1 aliphatic rings. The molecule has 2 atom stereocenters. The minimum Gasteiger partial charge on any atom is -0.434 e. The highest BCUT2D eigenvalue weighted by Crippen LogP contribution is 2.40. The minimum atomic E-state index is -0.455. The molecule has 0 amide bonds. The third kappa shape index (κ3) is 4.99. The maximum atomic E-state index is 12.5. The zero-order valence-electron chi connectivity index (χ0n) is 13.1. The van der Waals surface area contributed by atoms with Gasteiger partial charge in [0.05, 0.1) is 17.8 Å². The second kappa shape index (κ2) is 6.49.